The van der Waals surface area contributed by atoms with Crippen LogP contribution >= 0.6 is 0 Å². The molecule has 0 radical (unpaired) electrons. The van der Waals surface area contributed by atoms with Crippen LogP contribution in [0, 0.1) is 27.6 Å². The Morgan fingerprint density at radius 1 is 0.893 bits per heavy atom. The van der Waals surface area contributed by atoms with Gasteiger partial charge in [0.1, 0.15) is 0 Å². The fourth-order valence-corrected chi connectivity index (χ4v) is 4.68. The van der Waals surface area contributed by atoms with Crippen molar-refractivity contribution in [2.45, 2.75) is 107 Å². The Morgan fingerprint density at radius 3 is 1.79 bits per heavy atom. The molecule has 0 fully saturated rings. The summed E-state index contributed by atoms with van der Waals surface area (Å²) in [6.45, 7) is 21.6. The van der Waals surface area contributed by atoms with Crippen LogP contribution in [0.5, 0.6) is 0 Å². The summed E-state index contributed by atoms with van der Waals surface area (Å²) in [5.41, 5.74) is 0.371. The van der Waals surface area contributed by atoms with E-state index in [9.17, 15) is 15.0 Å². The van der Waals surface area contributed by atoms with E-state index >= 15 is 0 Å². The van der Waals surface area contributed by atoms with Gasteiger partial charge in [-0.05, 0) is 47.3 Å². The van der Waals surface area contributed by atoms with Crippen molar-refractivity contribution >= 4 is 12.1 Å². The molecule has 0 spiro atoms. The van der Waals surface area contributed by atoms with E-state index in [2.05, 4.69) is 74.2 Å². The highest BCUT2D eigenvalue weighted by molar-refractivity contribution is 5.86. The molecule has 0 rings (SSSR count). The van der Waals surface area contributed by atoms with Crippen LogP contribution in [0.1, 0.15) is 101 Å². The number of aliphatic hydroxyl groups excluding tert-OH is 2. The van der Waals surface area contributed by atoms with Gasteiger partial charge < -0.3 is 10.2 Å². The molecular weight excluding hydrogens is 350 g/mol. The summed E-state index contributed by atoms with van der Waals surface area (Å²) in [4.78, 5) is 16.4. The van der Waals surface area contributed by atoms with Crippen LogP contribution in [0.25, 0.3) is 0 Å². The molecule has 0 aliphatic heterocycles. The molecule has 4 heteroatoms. The van der Waals surface area contributed by atoms with Gasteiger partial charge in [-0.25, -0.2) is 4.99 Å². The third-order valence-corrected chi connectivity index (χ3v) is 4.88. The second-order valence-electron chi connectivity index (χ2n) is 12.6. The summed E-state index contributed by atoms with van der Waals surface area (Å²) >= 11 is 0. The van der Waals surface area contributed by atoms with Gasteiger partial charge >= 0.3 is 0 Å². The largest absolute Gasteiger partial charge is 0.396 e. The Hall–Kier alpha value is -0.740. The van der Waals surface area contributed by atoms with Crippen LogP contribution in [-0.4, -0.2) is 35.0 Å². The van der Waals surface area contributed by atoms with Gasteiger partial charge in [0.05, 0.1) is 12.7 Å². The van der Waals surface area contributed by atoms with Gasteiger partial charge in [0.25, 0.3) is 0 Å². The van der Waals surface area contributed by atoms with Crippen molar-refractivity contribution in [1.82, 2.24) is 0 Å². The van der Waals surface area contributed by atoms with Gasteiger partial charge in [-0.15, -0.1) is 0 Å². The second kappa shape index (κ2) is 10.3. The minimum Gasteiger partial charge on any atom is -0.396 e. The van der Waals surface area contributed by atoms with E-state index in [0.29, 0.717) is 12.8 Å². The predicted octanol–water partition coefficient (Wildman–Crippen LogP) is 5.65. The smallest absolute Gasteiger partial charge is 0.245 e. The van der Waals surface area contributed by atoms with Crippen LogP contribution in [0.4, 0.5) is 0 Å². The number of carbonyl (C=O) groups excluding carboxylic acids is 1. The van der Waals surface area contributed by atoms with Gasteiger partial charge in [0, 0.05) is 18.6 Å². The van der Waals surface area contributed by atoms with Crippen molar-refractivity contribution in [1.29, 1.82) is 0 Å². The van der Waals surface area contributed by atoms with Crippen molar-refractivity contribution in [3.8, 4) is 0 Å². The minimum absolute atomic E-state index is 0.114. The number of aliphatic hydroxyl groups is 2. The highest BCUT2D eigenvalue weighted by Gasteiger charge is 2.29. The van der Waals surface area contributed by atoms with Crippen molar-refractivity contribution in [3.05, 3.63) is 0 Å². The summed E-state index contributed by atoms with van der Waals surface area (Å²) in [5.74, 6) is -0.687. The predicted molar refractivity (Wildman–Crippen MR) is 120 cm³/mol. The highest BCUT2D eigenvalue weighted by Crippen LogP contribution is 2.37. The molecule has 0 aliphatic carbocycles. The molecule has 28 heavy (non-hydrogen) atoms. The maximum absolute atomic E-state index is 12.3. The molecule has 2 atom stereocenters. The van der Waals surface area contributed by atoms with E-state index in [1.807, 2.05) is 0 Å². The molecule has 0 heterocycles. The minimum atomic E-state index is -0.691. The molecule has 2 N–H and O–H groups in total. The molecule has 166 valence electrons. The Morgan fingerprint density at radius 2 is 1.36 bits per heavy atom. The first-order valence-electron chi connectivity index (χ1n) is 10.7. The molecule has 0 aromatic heterocycles. The topological polar surface area (TPSA) is 69.9 Å². The molecule has 0 aromatic carbocycles. The lowest BCUT2D eigenvalue weighted by atomic mass is 9.73. The molecule has 0 saturated carbocycles. The quantitative estimate of drug-likeness (QED) is 0.468. The second-order valence-corrected chi connectivity index (χ2v) is 12.6. The Kier molecular flexibility index (Phi) is 10.1. The maximum Gasteiger partial charge on any atom is 0.245 e. The molecule has 0 aliphatic rings. The lowest BCUT2D eigenvalue weighted by molar-refractivity contribution is -0.120. The first-order valence-corrected chi connectivity index (χ1v) is 10.7. The molecule has 0 bridgehead atoms. The average molecular weight is 398 g/mol. The Labute approximate surface area is 174 Å². The SMILES string of the molecule is CC(C)(C)CC(C)(C)CC[C@@H](O)[C@@H](/C=N/C(=O)CC(C)(C)CC(C)(C)C)CO. The number of rotatable bonds is 10. The molecule has 4 nitrogen and oxygen atoms in total. The van der Waals surface area contributed by atoms with Crippen molar-refractivity contribution in [2.75, 3.05) is 6.61 Å². The van der Waals surface area contributed by atoms with Crippen LogP contribution in [-0.2, 0) is 4.79 Å². The molecule has 0 unspecified atom stereocenters. The lowest BCUT2D eigenvalue weighted by Crippen LogP contribution is -2.29. The fourth-order valence-electron chi connectivity index (χ4n) is 4.68. The van der Waals surface area contributed by atoms with Crippen molar-refractivity contribution < 1.29 is 15.0 Å². The Bertz CT molecular complexity index is 507. The first kappa shape index (κ1) is 27.3. The first-order chi connectivity index (χ1) is 12.4. The zero-order chi connectivity index (χ0) is 22.4. The number of carbonyl (C=O) groups is 1. The summed E-state index contributed by atoms with van der Waals surface area (Å²) < 4.78 is 0. The van der Waals surface area contributed by atoms with Crippen LogP contribution in [0.2, 0.25) is 0 Å². The highest BCUT2D eigenvalue weighted by atomic mass is 16.3. The zero-order valence-electron chi connectivity index (χ0n) is 20.2. The summed E-state index contributed by atoms with van der Waals surface area (Å²) in [5, 5.41) is 20.2. The molecular formula is C24H47NO3. The van der Waals surface area contributed by atoms with E-state index in [-0.39, 0.29) is 34.2 Å². The van der Waals surface area contributed by atoms with Gasteiger partial charge in [0.15, 0.2) is 0 Å². The van der Waals surface area contributed by atoms with Gasteiger partial charge in [-0.3, -0.25) is 4.79 Å². The molecule has 1 amide bonds. The number of aliphatic imine (C=N–C) groups is 1. The molecule has 0 saturated heterocycles. The molecule has 0 aromatic rings. The number of amides is 1. The van der Waals surface area contributed by atoms with Crippen LogP contribution in [0.15, 0.2) is 4.99 Å². The van der Waals surface area contributed by atoms with Gasteiger partial charge in [0.2, 0.25) is 5.91 Å². The lowest BCUT2D eigenvalue weighted by Gasteiger charge is -2.33. The van der Waals surface area contributed by atoms with E-state index in [1.165, 1.54) is 6.21 Å². The van der Waals surface area contributed by atoms with E-state index in [1.54, 1.807) is 0 Å². The third kappa shape index (κ3) is 13.4. The van der Waals surface area contributed by atoms with Gasteiger partial charge in [-0.2, -0.15) is 0 Å². The Balaban J connectivity index is 4.76. The van der Waals surface area contributed by atoms with Crippen molar-refractivity contribution in [3.63, 3.8) is 0 Å². The third-order valence-electron chi connectivity index (χ3n) is 4.88. The average Bonchev–Trinajstić information content (AvgIpc) is 2.39. The fraction of sp³-hybridized carbons (Fsp3) is 0.917. The van der Waals surface area contributed by atoms with E-state index in [4.69, 9.17) is 0 Å². The standard InChI is InChI=1S/C24H47NO3/c1-21(2,3)16-23(7,8)12-11-19(27)18(15-26)14-25-20(28)13-24(9,10)17-22(4,5)6/h14,18-19,26-27H,11-13,15-17H2,1-10H3/b25-14+/t18-,19+/m0/s1. The van der Waals surface area contributed by atoms with E-state index < -0.39 is 12.0 Å². The summed E-state index contributed by atoms with van der Waals surface area (Å²) in [7, 11) is 0. The van der Waals surface area contributed by atoms with Crippen LogP contribution in [0.3, 0.4) is 0 Å². The number of hydrogen-bond donors (Lipinski definition) is 2. The van der Waals surface area contributed by atoms with Gasteiger partial charge in [-0.1, -0.05) is 69.2 Å². The normalized spacial score (nSPS) is 16.4. The monoisotopic (exact) mass is 397 g/mol. The van der Waals surface area contributed by atoms with Crippen LogP contribution < -0.4 is 0 Å². The van der Waals surface area contributed by atoms with E-state index in [0.717, 1.165) is 19.3 Å². The zero-order valence-corrected chi connectivity index (χ0v) is 20.2. The number of nitrogens with zero attached hydrogens (tertiary/aromatic N) is 1. The summed E-state index contributed by atoms with van der Waals surface area (Å²) in [6, 6.07) is 0. The number of hydrogen-bond acceptors (Lipinski definition) is 3. The van der Waals surface area contributed by atoms with Crippen molar-refractivity contribution in [2.24, 2.45) is 32.6 Å². The maximum atomic E-state index is 12.3. The summed E-state index contributed by atoms with van der Waals surface area (Å²) in [6.07, 6.45) is 4.57.